The molecule has 2 aliphatic heterocycles. The standard InChI is InChI=1S/C17H28N6O2/c1-13(17(18)25)22-9-10-23-15(12-22)11-14(19-23)3-4-16(24)21-7-5-20(2)6-8-21/h11,13H,3-10,12H2,1-2H3,(H2,18,25). The Bertz CT molecular complexity index is 635. The number of rotatable bonds is 5. The van der Waals surface area contributed by atoms with E-state index < -0.39 is 0 Å². The SMILES string of the molecule is CC(C(N)=O)N1CCn2nc(CCC(=O)N3CCN(C)CC3)cc2C1. The highest BCUT2D eigenvalue weighted by Gasteiger charge is 2.25. The zero-order chi connectivity index (χ0) is 18.0. The number of likely N-dealkylation sites (N-methyl/N-ethyl adjacent to an activating group) is 1. The molecule has 25 heavy (non-hydrogen) atoms. The quantitative estimate of drug-likeness (QED) is 0.759. The van der Waals surface area contributed by atoms with Crippen LogP contribution in [0.4, 0.5) is 0 Å². The Balaban J connectivity index is 1.54. The normalized spacial score (nSPS) is 20.3. The predicted octanol–water partition coefficient (Wildman–Crippen LogP) is -0.721. The summed E-state index contributed by atoms with van der Waals surface area (Å²) in [6, 6.07) is 1.78. The van der Waals surface area contributed by atoms with Crippen LogP contribution in [0.5, 0.6) is 0 Å². The van der Waals surface area contributed by atoms with Crippen molar-refractivity contribution in [1.29, 1.82) is 0 Å². The molecule has 0 spiro atoms. The van der Waals surface area contributed by atoms with Gasteiger partial charge in [-0.1, -0.05) is 0 Å². The van der Waals surface area contributed by atoms with Gasteiger partial charge in [0.05, 0.1) is 24.0 Å². The molecule has 0 radical (unpaired) electrons. The van der Waals surface area contributed by atoms with Gasteiger partial charge in [-0.2, -0.15) is 5.10 Å². The van der Waals surface area contributed by atoms with Gasteiger partial charge < -0.3 is 15.5 Å². The van der Waals surface area contributed by atoms with Crippen LogP contribution in [0, 0.1) is 0 Å². The molecule has 1 aromatic heterocycles. The predicted molar refractivity (Wildman–Crippen MR) is 93.7 cm³/mol. The molecule has 2 amide bonds. The summed E-state index contributed by atoms with van der Waals surface area (Å²) in [6.45, 7) is 7.53. The van der Waals surface area contributed by atoms with Gasteiger partial charge in [0.25, 0.3) is 0 Å². The minimum Gasteiger partial charge on any atom is -0.368 e. The molecule has 138 valence electrons. The molecule has 2 aliphatic rings. The number of piperazine rings is 1. The molecule has 1 unspecified atom stereocenters. The van der Waals surface area contributed by atoms with E-state index in [1.807, 2.05) is 16.5 Å². The maximum atomic E-state index is 12.4. The molecule has 0 aliphatic carbocycles. The number of aryl methyl sites for hydroxylation is 1. The van der Waals surface area contributed by atoms with E-state index in [-0.39, 0.29) is 17.9 Å². The highest BCUT2D eigenvalue weighted by molar-refractivity contribution is 5.79. The Morgan fingerprint density at radius 2 is 1.92 bits per heavy atom. The second-order valence-corrected chi connectivity index (χ2v) is 7.08. The van der Waals surface area contributed by atoms with Crippen LogP contribution in [-0.4, -0.2) is 82.1 Å². The van der Waals surface area contributed by atoms with Crippen LogP contribution >= 0.6 is 0 Å². The Morgan fingerprint density at radius 1 is 1.20 bits per heavy atom. The first kappa shape index (κ1) is 17.9. The molecule has 1 aromatic rings. The van der Waals surface area contributed by atoms with Gasteiger partial charge in [0.2, 0.25) is 11.8 Å². The Morgan fingerprint density at radius 3 is 2.60 bits per heavy atom. The molecule has 1 saturated heterocycles. The van der Waals surface area contributed by atoms with Crippen LogP contribution < -0.4 is 5.73 Å². The average Bonchev–Trinajstić information content (AvgIpc) is 3.01. The molecular formula is C17H28N6O2. The van der Waals surface area contributed by atoms with Crippen molar-refractivity contribution in [3.05, 3.63) is 17.5 Å². The Labute approximate surface area is 148 Å². The zero-order valence-electron chi connectivity index (χ0n) is 15.1. The summed E-state index contributed by atoms with van der Waals surface area (Å²) in [7, 11) is 2.08. The van der Waals surface area contributed by atoms with E-state index in [0.717, 1.165) is 50.7 Å². The first-order valence-electron chi connectivity index (χ1n) is 8.99. The number of nitrogens with zero attached hydrogens (tertiary/aromatic N) is 5. The van der Waals surface area contributed by atoms with E-state index in [2.05, 4.69) is 28.0 Å². The fourth-order valence-corrected chi connectivity index (χ4v) is 3.43. The molecule has 1 atom stereocenters. The second-order valence-electron chi connectivity index (χ2n) is 7.08. The van der Waals surface area contributed by atoms with Crippen molar-refractivity contribution in [3.63, 3.8) is 0 Å². The van der Waals surface area contributed by atoms with Crippen molar-refractivity contribution in [3.8, 4) is 0 Å². The number of amides is 2. The lowest BCUT2D eigenvalue weighted by Gasteiger charge is -2.32. The summed E-state index contributed by atoms with van der Waals surface area (Å²) in [4.78, 5) is 30.0. The molecule has 3 rings (SSSR count). The van der Waals surface area contributed by atoms with E-state index in [0.29, 0.717) is 19.4 Å². The number of primary amides is 1. The van der Waals surface area contributed by atoms with Gasteiger partial charge in [-0.3, -0.25) is 19.2 Å². The summed E-state index contributed by atoms with van der Waals surface area (Å²) in [5, 5.41) is 4.61. The van der Waals surface area contributed by atoms with Crippen molar-refractivity contribution in [2.45, 2.75) is 38.9 Å². The smallest absolute Gasteiger partial charge is 0.234 e. The highest BCUT2D eigenvalue weighted by atomic mass is 16.2. The third kappa shape index (κ3) is 4.19. The summed E-state index contributed by atoms with van der Waals surface area (Å²) in [5.74, 6) is -0.0889. The van der Waals surface area contributed by atoms with Crippen LogP contribution in [0.25, 0.3) is 0 Å². The third-order valence-corrected chi connectivity index (χ3v) is 5.29. The number of carbonyl (C=O) groups is 2. The first-order valence-corrected chi connectivity index (χ1v) is 8.99. The van der Waals surface area contributed by atoms with Gasteiger partial charge in [0, 0.05) is 52.1 Å². The van der Waals surface area contributed by atoms with Gasteiger partial charge in [-0.25, -0.2) is 0 Å². The second kappa shape index (κ2) is 7.53. The monoisotopic (exact) mass is 348 g/mol. The highest BCUT2D eigenvalue weighted by Crippen LogP contribution is 2.17. The van der Waals surface area contributed by atoms with Gasteiger partial charge in [0.1, 0.15) is 0 Å². The van der Waals surface area contributed by atoms with Crippen molar-refractivity contribution in [1.82, 2.24) is 24.5 Å². The lowest BCUT2D eigenvalue weighted by atomic mass is 10.1. The van der Waals surface area contributed by atoms with Gasteiger partial charge >= 0.3 is 0 Å². The van der Waals surface area contributed by atoms with Crippen LogP contribution in [0.15, 0.2) is 6.07 Å². The van der Waals surface area contributed by atoms with E-state index in [1.165, 1.54) is 0 Å². The molecule has 0 saturated carbocycles. The number of fused-ring (bicyclic) bond motifs is 1. The first-order chi connectivity index (χ1) is 11.9. The van der Waals surface area contributed by atoms with Crippen LogP contribution in [0.2, 0.25) is 0 Å². The largest absolute Gasteiger partial charge is 0.368 e. The number of aromatic nitrogens is 2. The fourth-order valence-electron chi connectivity index (χ4n) is 3.43. The fraction of sp³-hybridized carbons (Fsp3) is 0.706. The topological polar surface area (TPSA) is 87.7 Å². The van der Waals surface area contributed by atoms with E-state index >= 15 is 0 Å². The van der Waals surface area contributed by atoms with Crippen molar-refractivity contribution >= 4 is 11.8 Å². The summed E-state index contributed by atoms with van der Waals surface area (Å²) in [6.07, 6.45) is 1.16. The molecule has 0 aromatic carbocycles. The van der Waals surface area contributed by atoms with Gasteiger partial charge in [-0.05, 0) is 20.0 Å². The maximum Gasteiger partial charge on any atom is 0.234 e. The minimum absolute atomic E-state index is 0.211. The molecule has 8 nitrogen and oxygen atoms in total. The molecule has 3 heterocycles. The minimum atomic E-state index is -0.300. The van der Waals surface area contributed by atoms with Crippen LogP contribution in [0.1, 0.15) is 24.7 Å². The summed E-state index contributed by atoms with van der Waals surface area (Å²) in [5.41, 5.74) is 7.44. The third-order valence-electron chi connectivity index (χ3n) is 5.29. The Kier molecular flexibility index (Phi) is 5.39. The van der Waals surface area contributed by atoms with Gasteiger partial charge in [-0.15, -0.1) is 0 Å². The number of carbonyl (C=O) groups excluding carboxylic acids is 2. The van der Waals surface area contributed by atoms with E-state index in [4.69, 9.17) is 5.73 Å². The summed E-state index contributed by atoms with van der Waals surface area (Å²) < 4.78 is 1.99. The lowest BCUT2D eigenvalue weighted by Crippen LogP contribution is -2.47. The van der Waals surface area contributed by atoms with Gasteiger partial charge in [0.15, 0.2) is 0 Å². The Hall–Kier alpha value is -1.93. The molecular weight excluding hydrogens is 320 g/mol. The van der Waals surface area contributed by atoms with Crippen molar-refractivity contribution < 1.29 is 9.59 Å². The molecule has 1 fully saturated rings. The van der Waals surface area contributed by atoms with E-state index in [9.17, 15) is 9.59 Å². The zero-order valence-corrected chi connectivity index (χ0v) is 15.1. The lowest BCUT2D eigenvalue weighted by molar-refractivity contribution is -0.132. The van der Waals surface area contributed by atoms with Crippen molar-refractivity contribution in [2.75, 3.05) is 39.8 Å². The van der Waals surface area contributed by atoms with Crippen LogP contribution in [0.3, 0.4) is 0 Å². The number of nitrogens with two attached hydrogens (primary N) is 1. The average molecular weight is 348 g/mol. The molecule has 8 heteroatoms. The molecule has 2 N–H and O–H groups in total. The van der Waals surface area contributed by atoms with Crippen molar-refractivity contribution in [2.24, 2.45) is 5.73 Å². The maximum absolute atomic E-state index is 12.4. The number of hydrogen-bond acceptors (Lipinski definition) is 5. The summed E-state index contributed by atoms with van der Waals surface area (Å²) >= 11 is 0. The number of hydrogen-bond donors (Lipinski definition) is 1. The van der Waals surface area contributed by atoms with Crippen LogP contribution in [-0.2, 0) is 29.1 Å². The molecule has 0 bridgehead atoms. The van der Waals surface area contributed by atoms with E-state index in [1.54, 1.807) is 0 Å².